The first-order valence-corrected chi connectivity index (χ1v) is 9.40. The summed E-state index contributed by atoms with van der Waals surface area (Å²) in [4.78, 5) is 20.8. The van der Waals surface area contributed by atoms with Crippen LogP contribution in [0.2, 0.25) is 0 Å². The number of amides is 1. The van der Waals surface area contributed by atoms with Crippen molar-refractivity contribution in [2.24, 2.45) is 0 Å². The standard InChI is InChI=1S/C24H20N4O2/c1-30-22-10-8-19(9-11-22)27-21-14-18(15-25-16-21)17-5-4-6-20(13-17)28-24(29)23-7-2-3-12-26-23/h2-16,27H,1H3,(H,28,29). The summed E-state index contributed by atoms with van der Waals surface area (Å²) in [6.45, 7) is 0. The van der Waals surface area contributed by atoms with E-state index in [9.17, 15) is 4.79 Å². The van der Waals surface area contributed by atoms with Gasteiger partial charge in [0, 0.05) is 29.3 Å². The number of aromatic nitrogens is 2. The summed E-state index contributed by atoms with van der Waals surface area (Å²) < 4.78 is 5.19. The lowest BCUT2D eigenvalue weighted by molar-refractivity contribution is 0.102. The van der Waals surface area contributed by atoms with Gasteiger partial charge in [-0.2, -0.15) is 0 Å². The van der Waals surface area contributed by atoms with Crippen LogP contribution in [-0.2, 0) is 0 Å². The molecule has 0 aliphatic rings. The van der Waals surface area contributed by atoms with Crippen LogP contribution in [0.1, 0.15) is 10.5 Å². The zero-order valence-electron chi connectivity index (χ0n) is 16.4. The minimum absolute atomic E-state index is 0.249. The lowest BCUT2D eigenvalue weighted by atomic mass is 10.1. The highest BCUT2D eigenvalue weighted by atomic mass is 16.5. The Morgan fingerprint density at radius 3 is 2.43 bits per heavy atom. The quantitative estimate of drug-likeness (QED) is 0.471. The normalized spacial score (nSPS) is 10.3. The number of ether oxygens (including phenoxy) is 1. The summed E-state index contributed by atoms with van der Waals surface area (Å²) in [7, 11) is 1.64. The second-order valence-electron chi connectivity index (χ2n) is 6.57. The maximum absolute atomic E-state index is 12.4. The van der Waals surface area contributed by atoms with E-state index in [0.717, 1.165) is 28.3 Å². The number of anilines is 3. The van der Waals surface area contributed by atoms with Gasteiger partial charge in [0.05, 0.1) is 19.0 Å². The highest BCUT2D eigenvalue weighted by molar-refractivity contribution is 6.03. The molecule has 30 heavy (non-hydrogen) atoms. The van der Waals surface area contributed by atoms with E-state index in [4.69, 9.17) is 4.74 Å². The molecule has 0 atom stereocenters. The van der Waals surface area contributed by atoms with Crippen molar-refractivity contribution in [1.29, 1.82) is 0 Å². The Morgan fingerprint density at radius 2 is 1.67 bits per heavy atom. The predicted octanol–water partition coefficient (Wildman–Crippen LogP) is 5.15. The van der Waals surface area contributed by atoms with Crippen molar-refractivity contribution >= 4 is 23.0 Å². The van der Waals surface area contributed by atoms with Gasteiger partial charge in [-0.15, -0.1) is 0 Å². The first-order chi connectivity index (χ1) is 14.7. The van der Waals surface area contributed by atoms with E-state index in [2.05, 4.69) is 20.6 Å². The van der Waals surface area contributed by atoms with Gasteiger partial charge in [-0.3, -0.25) is 14.8 Å². The summed E-state index contributed by atoms with van der Waals surface area (Å²) in [6.07, 6.45) is 5.15. The molecule has 0 radical (unpaired) electrons. The van der Waals surface area contributed by atoms with Crippen LogP contribution in [0.25, 0.3) is 11.1 Å². The van der Waals surface area contributed by atoms with Crippen molar-refractivity contribution < 1.29 is 9.53 Å². The molecule has 2 N–H and O–H groups in total. The Bertz CT molecular complexity index is 1150. The molecule has 148 valence electrons. The van der Waals surface area contributed by atoms with E-state index in [-0.39, 0.29) is 5.91 Å². The lowest BCUT2D eigenvalue weighted by Crippen LogP contribution is -2.13. The number of hydrogen-bond donors (Lipinski definition) is 2. The molecule has 0 aliphatic heterocycles. The molecule has 4 aromatic rings. The number of benzene rings is 2. The zero-order valence-corrected chi connectivity index (χ0v) is 16.4. The molecule has 0 bridgehead atoms. The fraction of sp³-hybridized carbons (Fsp3) is 0.0417. The number of hydrogen-bond acceptors (Lipinski definition) is 5. The van der Waals surface area contributed by atoms with E-state index < -0.39 is 0 Å². The van der Waals surface area contributed by atoms with Crippen molar-refractivity contribution in [3.63, 3.8) is 0 Å². The van der Waals surface area contributed by atoms with Gasteiger partial charge < -0.3 is 15.4 Å². The minimum Gasteiger partial charge on any atom is -0.497 e. The summed E-state index contributed by atoms with van der Waals surface area (Å²) in [5.74, 6) is 0.554. The van der Waals surface area contributed by atoms with Gasteiger partial charge in [0.2, 0.25) is 0 Å². The van der Waals surface area contributed by atoms with E-state index >= 15 is 0 Å². The zero-order chi connectivity index (χ0) is 20.8. The second kappa shape index (κ2) is 8.87. The Hall–Kier alpha value is -4.19. The van der Waals surface area contributed by atoms with Crippen LogP contribution >= 0.6 is 0 Å². The van der Waals surface area contributed by atoms with E-state index in [0.29, 0.717) is 11.4 Å². The van der Waals surface area contributed by atoms with Crippen molar-refractivity contribution in [2.45, 2.75) is 0 Å². The summed E-state index contributed by atoms with van der Waals surface area (Å²) in [5.41, 5.74) is 4.74. The largest absolute Gasteiger partial charge is 0.497 e. The molecular weight excluding hydrogens is 376 g/mol. The van der Waals surface area contributed by atoms with Gasteiger partial charge in [-0.05, 0) is 60.2 Å². The van der Waals surface area contributed by atoms with Gasteiger partial charge in [-0.25, -0.2) is 0 Å². The van der Waals surface area contributed by atoms with E-state index in [1.165, 1.54) is 0 Å². The summed E-state index contributed by atoms with van der Waals surface area (Å²) in [6, 6.07) is 22.6. The third-order valence-electron chi connectivity index (χ3n) is 4.47. The first kappa shape index (κ1) is 19.1. The smallest absolute Gasteiger partial charge is 0.274 e. The third-order valence-corrected chi connectivity index (χ3v) is 4.47. The van der Waals surface area contributed by atoms with Gasteiger partial charge >= 0.3 is 0 Å². The molecule has 6 nitrogen and oxygen atoms in total. The van der Waals surface area contributed by atoms with Crippen LogP contribution in [0.15, 0.2) is 91.4 Å². The molecule has 0 saturated heterocycles. The Balaban J connectivity index is 1.52. The molecule has 0 saturated carbocycles. The van der Waals surface area contributed by atoms with Crippen molar-refractivity contribution in [3.05, 3.63) is 97.1 Å². The maximum atomic E-state index is 12.4. The lowest BCUT2D eigenvalue weighted by Gasteiger charge is -2.10. The molecule has 1 amide bonds. The number of carbonyl (C=O) groups excluding carboxylic acids is 1. The van der Waals surface area contributed by atoms with Gasteiger partial charge in [0.1, 0.15) is 11.4 Å². The number of methoxy groups -OCH3 is 1. The number of nitrogens with zero attached hydrogens (tertiary/aromatic N) is 2. The second-order valence-corrected chi connectivity index (χ2v) is 6.57. The minimum atomic E-state index is -0.249. The number of nitrogens with one attached hydrogen (secondary N) is 2. The molecule has 0 aliphatic carbocycles. The average molecular weight is 396 g/mol. The number of carbonyl (C=O) groups is 1. The van der Waals surface area contributed by atoms with Gasteiger partial charge in [-0.1, -0.05) is 18.2 Å². The molecule has 2 heterocycles. The third kappa shape index (κ3) is 4.62. The molecule has 2 aromatic heterocycles. The number of pyridine rings is 2. The summed E-state index contributed by atoms with van der Waals surface area (Å²) in [5, 5.41) is 6.22. The highest BCUT2D eigenvalue weighted by Crippen LogP contribution is 2.26. The van der Waals surface area contributed by atoms with E-state index in [1.54, 1.807) is 43.9 Å². The van der Waals surface area contributed by atoms with Crippen LogP contribution < -0.4 is 15.4 Å². The van der Waals surface area contributed by atoms with Crippen LogP contribution in [0.3, 0.4) is 0 Å². The average Bonchev–Trinajstić information content (AvgIpc) is 2.80. The molecule has 4 rings (SSSR count). The topological polar surface area (TPSA) is 76.1 Å². The Morgan fingerprint density at radius 1 is 0.833 bits per heavy atom. The molecular formula is C24H20N4O2. The monoisotopic (exact) mass is 396 g/mol. The molecule has 6 heteroatoms. The molecule has 0 fully saturated rings. The van der Waals surface area contributed by atoms with Crippen molar-refractivity contribution in [1.82, 2.24) is 9.97 Å². The Kier molecular flexibility index (Phi) is 5.66. The SMILES string of the molecule is COc1ccc(Nc2cncc(-c3cccc(NC(=O)c4ccccn4)c3)c2)cc1. The van der Waals surface area contributed by atoms with Crippen LogP contribution in [0.5, 0.6) is 5.75 Å². The fourth-order valence-electron chi connectivity index (χ4n) is 2.98. The van der Waals surface area contributed by atoms with E-state index in [1.807, 2.05) is 54.6 Å². The summed E-state index contributed by atoms with van der Waals surface area (Å²) >= 11 is 0. The number of rotatable bonds is 6. The van der Waals surface area contributed by atoms with Crippen LogP contribution in [-0.4, -0.2) is 23.0 Å². The van der Waals surface area contributed by atoms with Gasteiger partial charge in [0.15, 0.2) is 0 Å². The van der Waals surface area contributed by atoms with Crippen molar-refractivity contribution in [2.75, 3.05) is 17.7 Å². The van der Waals surface area contributed by atoms with Gasteiger partial charge in [0.25, 0.3) is 5.91 Å². The molecule has 0 spiro atoms. The predicted molar refractivity (Wildman–Crippen MR) is 118 cm³/mol. The maximum Gasteiger partial charge on any atom is 0.274 e. The first-order valence-electron chi connectivity index (χ1n) is 9.40. The molecule has 2 aromatic carbocycles. The highest BCUT2D eigenvalue weighted by Gasteiger charge is 2.08. The van der Waals surface area contributed by atoms with Crippen LogP contribution in [0, 0.1) is 0 Å². The Labute approximate surface area is 174 Å². The molecule has 0 unspecified atom stereocenters. The van der Waals surface area contributed by atoms with Crippen molar-refractivity contribution in [3.8, 4) is 16.9 Å². The van der Waals surface area contributed by atoms with Crippen LogP contribution in [0.4, 0.5) is 17.1 Å². The fourth-order valence-corrected chi connectivity index (χ4v) is 2.98.